The van der Waals surface area contributed by atoms with Gasteiger partial charge in [0.1, 0.15) is 6.61 Å². The molecule has 0 N–H and O–H groups in total. The van der Waals surface area contributed by atoms with Crippen molar-refractivity contribution in [2.45, 2.75) is 44.4 Å². The Morgan fingerprint density at radius 2 is 2.24 bits per heavy atom. The number of nitrogens with zero attached hydrogens (tertiary/aromatic N) is 3. The summed E-state index contributed by atoms with van der Waals surface area (Å²) in [6.45, 7) is 4.11. The number of pyridine rings is 1. The molecule has 6 heteroatoms. The molecule has 2 saturated heterocycles. The molecule has 1 atom stereocenters. The summed E-state index contributed by atoms with van der Waals surface area (Å²) in [7, 11) is 2.13. The fourth-order valence-corrected chi connectivity index (χ4v) is 3.55. The SMILES string of the molecule is CN1CCC(N(Cc2cccnc2)C(=O)COCC2CCCO2)CC1. The van der Waals surface area contributed by atoms with Gasteiger partial charge >= 0.3 is 0 Å². The molecule has 1 amide bonds. The number of ether oxygens (including phenoxy) is 2. The van der Waals surface area contributed by atoms with Crippen LogP contribution in [-0.2, 0) is 20.8 Å². The number of hydrogen-bond donors (Lipinski definition) is 0. The van der Waals surface area contributed by atoms with Gasteiger partial charge in [-0.3, -0.25) is 9.78 Å². The molecule has 6 nitrogen and oxygen atoms in total. The highest BCUT2D eigenvalue weighted by atomic mass is 16.5. The van der Waals surface area contributed by atoms with Gasteiger partial charge in [0.25, 0.3) is 0 Å². The second-order valence-electron chi connectivity index (χ2n) is 7.07. The highest BCUT2D eigenvalue weighted by Crippen LogP contribution is 2.19. The minimum Gasteiger partial charge on any atom is -0.376 e. The van der Waals surface area contributed by atoms with E-state index in [9.17, 15) is 4.79 Å². The summed E-state index contributed by atoms with van der Waals surface area (Å²) < 4.78 is 11.2. The van der Waals surface area contributed by atoms with E-state index in [-0.39, 0.29) is 24.7 Å². The third-order valence-electron chi connectivity index (χ3n) is 5.08. The van der Waals surface area contributed by atoms with Crippen molar-refractivity contribution in [2.24, 2.45) is 0 Å². The summed E-state index contributed by atoms with van der Waals surface area (Å²) in [5.74, 6) is 0.0661. The van der Waals surface area contributed by atoms with E-state index in [2.05, 4.69) is 16.9 Å². The summed E-state index contributed by atoms with van der Waals surface area (Å²) in [5, 5.41) is 0. The lowest BCUT2D eigenvalue weighted by Gasteiger charge is -2.37. The minimum atomic E-state index is 0.0661. The number of amides is 1. The standard InChI is InChI=1S/C19H29N3O3/c1-21-9-6-17(7-10-21)22(13-16-4-2-8-20-12-16)19(23)15-24-14-18-5-3-11-25-18/h2,4,8,12,17-18H,3,5-7,9-11,13-15H2,1H3. The van der Waals surface area contributed by atoms with Gasteiger partial charge in [0, 0.05) is 31.6 Å². The third-order valence-corrected chi connectivity index (χ3v) is 5.08. The number of piperidine rings is 1. The van der Waals surface area contributed by atoms with Crippen LogP contribution in [0.2, 0.25) is 0 Å². The molecule has 0 radical (unpaired) electrons. The molecule has 0 aromatic carbocycles. The van der Waals surface area contributed by atoms with Crippen LogP contribution in [0.25, 0.3) is 0 Å². The largest absolute Gasteiger partial charge is 0.376 e. The molecular weight excluding hydrogens is 318 g/mol. The van der Waals surface area contributed by atoms with E-state index < -0.39 is 0 Å². The summed E-state index contributed by atoms with van der Waals surface area (Å²) in [6, 6.07) is 4.21. The van der Waals surface area contributed by atoms with Gasteiger partial charge in [-0.25, -0.2) is 0 Å². The number of likely N-dealkylation sites (tertiary alicyclic amines) is 1. The fourth-order valence-electron chi connectivity index (χ4n) is 3.55. The van der Waals surface area contributed by atoms with Gasteiger partial charge < -0.3 is 19.3 Å². The number of rotatable bonds is 7. The molecule has 0 saturated carbocycles. The first-order valence-corrected chi connectivity index (χ1v) is 9.28. The van der Waals surface area contributed by atoms with E-state index >= 15 is 0 Å². The van der Waals surface area contributed by atoms with E-state index in [4.69, 9.17) is 9.47 Å². The van der Waals surface area contributed by atoms with Gasteiger partial charge in [0.05, 0.1) is 12.7 Å². The average molecular weight is 347 g/mol. The second kappa shape index (κ2) is 9.27. The lowest BCUT2D eigenvalue weighted by Crippen LogP contribution is -2.47. The van der Waals surface area contributed by atoms with E-state index in [0.717, 1.165) is 50.9 Å². The first kappa shape index (κ1) is 18.3. The molecule has 0 aliphatic carbocycles. The summed E-state index contributed by atoms with van der Waals surface area (Å²) in [4.78, 5) is 21.3. The predicted molar refractivity (Wildman–Crippen MR) is 95.1 cm³/mol. The van der Waals surface area contributed by atoms with Gasteiger partial charge in [-0.1, -0.05) is 6.07 Å². The van der Waals surface area contributed by atoms with Crippen molar-refractivity contribution in [1.82, 2.24) is 14.8 Å². The smallest absolute Gasteiger partial charge is 0.249 e. The Kier molecular flexibility index (Phi) is 6.78. The van der Waals surface area contributed by atoms with Crippen LogP contribution in [0.1, 0.15) is 31.2 Å². The quantitative estimate of drug-likeness (QED) is 0.751. The Balaban J connectivity index is 1.57. The molecule has 1 unspecified atom stereocenters. The van der Waals surface area contributed by atoms with Crippen LogP contribution in [0.15, 0.2) is 24.5 Å². The van der Waals surface area contributed by atoms with Crippen LogP contribution in [0.4, 0.5) is 0 Å². The van der Waals surface area contributed by atoms with Crippen molar-refractivity contribution in [3.8, 4) is 0 Å². The second-order valence-corrected chi connectivity index (χ2v) is 7.07. The highest BCUT2D eigenvalue weighted by molar-refractivity contribution is 5.77. The van der Waals surface area contributed by atoms with Gasteiger partial charge in [0.2, 0.25) is 5.91 Å². The van der Waals surface area contributed by atoms with Crippen LogP contribution >= 0.6 is 0 Å². The maximum Gasteiger partial charge on any atom is 0.249 e. The molecule has 2 aliphatic rings. The van der Waals surface area contributed by atoms with Crippen molar-refractivity contribution >= 4 is 5.91 Å². The molecule has 25 heavy (non-hydrogen) atoms. The van der Waals surface area contributed by atoms with Crippen molar-refractivity contribution in [1.29, 1.82) is 0 Å². The number of aromatic nitrogens is 1. The first-order valence-electron chi connectivity index (χ1n) is 9.28. The fraction of sp³-hybridized carbons (Fsp3) is 0.684. The van der Waals surface area contributed by atoms with Crippen molar-refractivity contribution < 1.29 is 14.3 Å². The molecule has 2 aliphatic heterocycles. The summed E-state index contributed by atoms with van der Waals surface area (Å²) in [6.07, 6.45) is 7.89. The maximum atomic E-state index is 12.8. The van der Waals surface area contributed by atoms with Gasteiger partial charge in [0.15, 0.2) is 0 Å². The molecule has 3 heterocycles. The zero-order valence-electron chi connectivity index (χ0n) is 15.1. The number of carbonyl (C=O) groups excluding carboxylic acids is 1. The summed E-state index contributed by atoms with van der Waals surface area (Å²) >= 11 is 0. The lowest BCUT2D eigenvalue weighted by atomic mass is 10.0. The van der Waals surface area contributed by atoms with Crippen LogP contribution in [0.5, 0.6) is 0 Å². The van der Waals surface area contributed by atoms with E-state index in [1.54, 1.807) is 6.20 Å². The monoisotopic (exact) mass is 347 g/mol. The third kappa shape index (κ3) is 5.49. The lowest BCUT2D eigenvalue weighted by molar-refractivity contribution is -0.141. The zero-order valence-corrected chi connectivity index (χ0v) is 15.1. The van der Waals surface area contributed by atoms with Crippen molar-refractivity contribution in [2.75, 3.05) is 40.0 Å². The molecule has 1 aromatic rings. The normalized spacial score (nSPS) is 22.2. The Morgan fingerprint density at radius 3 is 2.92 bits per heavy atom. The van der Waals surface area contributed by atoms with Crippen LogP contribution in [0.3, 0.4) is 0 Å². The van der Waals surface area contributed by atoms with E-state index in [0.29, 0.717) is 13.2 Å². The Bertz CT molecular complexity index is 526. The van der Waals surface area contributed by atoms with Crippen LogP contribution in [0, 0.1) is 0 Å². The van der Waals surface area contributed by atoms with Crippen molar-refractivity contribution in [3.63, 3.8) is 0 Å². The molecule has 0 bridgehead atoms. The van der Waals surface area contributed by atoms with Gasteiger partial charge in [-0.15, -0.1) is 0 Å². The van der Waals surface area contributed by atoms with Gasteiger partial charge in [-0.05, 0) is 57.5 Å². The van der Waals surface area contributed by atoms with E-state index in [1.165, 1.54) is 0 Å². The first-order chi connectivity index (χ1) is 12.2. The predicted octanol–water partition coefficient (Wildman–Crippen LogP) is 1.70. The summed E-state index contributed by atoms with van der Waals surface area (Å²) in [5.41, 5.74) is 1.06. The topological polar surface area (TPSA) is 54.9 Å². The average Bonchev–Trinajstić information content (AvgIpc) is 3.15. The molecule has 2 fully saturated rings. The molecular formula is C19H29N3O3. The molecule has 1 aromatic heterocycles. The van der Waals surface area contributed by atoms with Gasteiger partial charge in [-0.2, -0.15) is 0 Å². The van der Waals surface area contributed by atoms with Crippen LogP contribution in [-0.4, -0.2) is 72.8 Å². The number of carbonyl (C=O) groups is 1. The zero-order chi connectivity index (χ0) is 17.5. The van der Waals surface area contributed by atoms with Crippen LogP contribution < -0.4 is 0 Å². The molecule has 0 spiro atoms. The Morgan fingerprint density at radius 1 is 1.40 bits per heavy atom. The maximum absolute atomic E-state index is 12.8. The molecule has 138 valence electrons. The Hall–Kier alpha value is -1.50. The van der Waals surface area contributed by atoms with E-state index in [1.807, 2.05) is 23.2 Å². The number of hydrogen-bond acceptors (Lipinski definition) is 5. The molecule has 3 rings (SSSR count). The Labute approximate surface area is 150 Å². The van der Waals surface area contributed by atoms with Crippen molar-refractivity contribution in [3.05, 3.63) is 30.1 Å². The highest BCUT2D eigenvalue weighted by Gasteiger charge is 2.27. The minimum absolute atomic E-state index is 0.0661.